The van der Waals surface area contributed by atoms with Gasteiger partial charge in [0.15, 0.2) is 19.1 Å². The number of rotatable bonds is 7. The van der Waals surface area contributed by atoms with Crippen LogP contribution in [-0.4, -0.2) is 62.0 Å². The summed E-state index contributed by atoms with van der Waals surface area (Å²) < 4.78 is 49.9. The van der Waals surface area contributed by atoms with Gasteiger partial charge in [-0.3, -0.25) is 0 Å². The van der Waals surface area contributed by atoms with Crippen LogP contribution in [0.4, 0.5) is 5.95 Å². The highest BCUT2D eigenvalue weighted by atomic mass is 32.2. The summed E-state index contributed by atoms with van der Waals surface area (Å²) >= 11 is 0. The van der Waals surface area contributed by atoms with E-state index < -0.39 is 22.5 Å². The smallest absolute Gasteiger partial charge is 0.321 e. The van der Waals surface area contributed by atoms with E-state index in [1.165, 1.54) is 7.11 Å². The molecule has 1 fully saturated rings. The third-order valence-electron chi connectivity index (χ3n) is 4.19. The van der Waals surface area contributed by atoms with Crippen molar-refractivity contribution in [3.05, 3.63) is 22.9 Å². The van der Waals surface area contributed by atoms with Crippen LogP contribution in [-0.2, 0) is 24.3 Å². The van der Waals surface area contributed by atoms with Crippen LogP contribution in [0, 0.1) is 20.8 Å². The first kappa shape index (κ1) is 20.3. The molecule has 30 heavy (non-hydrogen) atoms. The number of anilines is 1. The number of epoxide rings is 1. The first-order valence-electron chi connectivity index (χ1n) is 8.92. The van der Waals surface area contributed by atoms with Gasteiger partial charge in [-0.2, -0.15) is 19.7 Å². The maximum atomic E-state index is 13.0. The van der Waals surface area contributed by atoms with E-state index in [0.717, 1.165) is 0 Å². The standard InChI is InChI=1S/C16H20N6O7S/c1-7-10(12-21-27-6-5-26-12)11(8(2)28-7)30(23,24)22-14-13(29-14)19-15-17-9(3)18-16(20-15)25-4/h13-14,22H,5-6H2,1-4H3,(H,17,18,19,20). The third-order valence-corrected chi connectivity index (χ3v) is 5.76. The molecule has 2 aromatic heterocycles. The minimum absolute atomic E-state index is 0.0510. The molecule has 2 aliphatic heterocycles. The molecule has 2 aromatic rings. The van der Waals surface area contributed by atoms with Gasteiger partial charge in [-0.25, -0.2) is 8.42 Å². The van der Waals surface area contributed by atoms with Crippen molar-refractivity contribution in [2.75, 3.05) is 25.6 Å². The Labute approximate surface area is 171 Å². The van der Waals surface area contributed by atoms with Crippen molar-refractivity contribution < 1.29 is 31.9 Å². The van der Waals surface area contributed by atoms with Crippen molar-refractivity contribution in [2.45, 2.75) is 38.1 Å². The Balaban J connectivity index is 1.51. The molecule has 4 heterocycles. The predicted octanol–water partition coefficient (Wildman–Crippen LogP) is 0.180. The molecule has 1 saturated heterocycles. The lowest BCUT2D eigenvalue weighted by Gasteiger charge is -2.14. The number of furan rings is 1. The minimum Gasteiger partial charge on any atom is -0.471 e. The number of nitrogens with zero attached hydrogens (tertiary/aromatic N) is 4. The van der Waals surface area contributed by atoms with Gasteiger partial charge in [0.1, 0.15) is 34.4 Å². The van der Waals surface area contributed by atoms with Crippen LogP contribution < -0.4 is 14.8 Å². The number of aromatic nitrogens is 3. The number of nitrogens with one attached hydrogen (secondary N) is 2. The highest BCUT2D eigenvalue weighted by Gasteiger charge is 2.45. The average molecular weight is 440 g/mol. The summed E-state index contributed by atoms with van der Waals surface area (Å²) in [6.07, 6.45) is -1.51. The zero-order valence-corrected chi connectivity index (χ0v) is 17.4. The molecule has 2 unspecified atom stereocenters. The Hall–Kier alpha value is -2.97. The van der Waals surface area contributed by atoms with Crippen molar-refractivity contribution >= 4 is 21.9 Å². The second-order valence-corrected chi connectivity index (χ2v) is 8.08. The number of ether oxygens (including phenoxy) is 3. The lowest BCUT2D eigenvalue weighted by molar-refractivity contribution is 0.0652. The molecule has 0 amide bonds. The average Bonchev–Trinajstić information content (AvgIpc) is 3.32. The van der Waals surface area contributed by atoms with Crippen molar-refractivity contribution in [1.29, 1.82) is 0 Å². The number of oxime groups is 1. The fourth-order valence-electron chi connectivity index (χ4n) is 2.92. The van der Waals surface area contributed by atoms with Crippen LogP contribution >= 0.6 is 0 Å². The highest BCUT2D eigenvalue weighted by molar-refractivity contribution is 7.89. The van der Waals surface area contributed by atoms with E-state index in [-0.39, 0.29) is 47.3 Å². The molecule has 13 nitrogen and oxygen atoms in total. The Morgan fingerprint density at radius 2 is 1.87 bits per heavy atom. The SMILES string of the molecule is COc1nc(C)nc(NC2OC2NS(=O)(=O)c2c(C)oc(C)c2C2=NOCCO2)n1. The lowest BCUT2D eigenvalue weighted by Crippen LogP contribution is -2.31. The molecule has 0 radical (unpaired) electrons. The molecule has 2 atom stereocenters. The molecule has 2 aliphatic rings. The molecule has 162 valence electrons. The van der Waals surface area contributed by atoms with Crippen molar-refractivity contribution in [2.24, 2.45) is 5.16 Å². The first-order chi connectivity index (χ1) is 14.3. The van der Waals surface area contributed by atoms with E-state index in [4.69, 9.17) is 23.5 Å². The van der Waals surface area contributed by atoms with Gasteiger partial charge in [0.25, 0.3) is 5.90 Å². The third kappa shape index (κ3) is 4.01. The molecule has 0 bridgehead atoms. The van der Waals surface area contributed by atoms with E-state index in [0.29, 0.717) is 11.6 Å². The number of hydrogen-bond acceptors (Lipinski definition) is 12. The molecule has 4 rings (SSSR count). The van der Waals surface area contributed by atoms with E-state index >= 15 is 0 Å². The van der Waals surface area contributed by atoms with Crippen LogP contribution in [0.5, 0.6) is 6.01 Å². The Morgan fingerprint density at radius 3 is 2.57 bits per heavy atom. The van der Waals surface area contributed by atoms with Gasteiger partial charge in [0.2, 0.25) is 16.0 Å². The monoisotopic (exact) mass is 440 g/mol. The van der Waals surface area contributed by atoms with Gasteiger partial charge in [-0.1, -0.05) is 0 Å². The topological polar surface area (TPSA) is 163 Å². The normalized spacial score (nSPS) is 20.7. The van der Waals surface area contributed by atoms with Crippen LogP contribution in [0.2, 0.25) is 0 Å². The summed E-state index contributed by atoms with van der Waals surface area (Å²) in [4.78, 5) is 17.1. The molecular formula is C16H20N6O7S. The van der Waals surface area contributed by atoms with Crippen LogP contribution in [0.3, 0.4) is 0 Å². The summed E-state index contributed by atoms with van der Waals surface area (Å²) in [6.45, 7) is 5.37. The van der Waals surface area contributed by atoms with Crippen molar-refractivity contribution in [3.63, 3.8) is 0 Å². The summed E-state index contributed by atoms with van der Waals surface area (Å²) in [5, 5.41) is 6.67. The van der Waals surface area contributed by atoms with Crippen LogP contribution in [0.25, 0.3) is 0 Å². The fraction of sp³-hybridized carbons (Fsp3) is 0.500. The number of aryl methyl sites for hydroxylation is 3. The predicted molar refractivity (Wildman–Crippen MR) is 100 cm³/mol. The summed E-state index contributed by atoms with van der Waals surface area (Å²) in [6, 6.07) is 0.132. The zero-order valence-electron chi connectivity index (χ0n) is 16.6. The second-order valence-electron chi connectivity index (χ2n) is 6.43. The number of hydrogen-bond donors (Lipinski definition) is 2. The van der Waals surface area contributed by atoms with Crippen molar-refractivity contribution in [3.8, 4) is 6.01 Å². The summed E-state index contributed by atoms with van der Waals surface area (Å²) in [7, 11) is -2.60. The Bertz CT molecular complexity index is 1100. The van der Waals surface area contributed by atoms with Crippen LogP contribution in [0.15, 0.2) is 14.5 Å². The Morgan fingerprint density at radius 1 is 1.07 bits per heavy atom. The largest absolute Gasteiger partial charge is 0.471 e. The summed E-state index contributed by atoms with van der Waals surface area (Å²) in [5.41, 5.74) is 0.211. The number of sulfonamides is 1. The number of methoxy groups -OCH3 is 1. The molecule has 14 heteroatoms. The molecule has 2 N–H and O–H groups in total. The maximum Gasteiger partial charge on any atom is 0.321 e. The van der Waals surface area contributed by atoms with Gasteiger partial charge in [0.05, 0.1) is 7.11 Å². The van der Waals surface area contributed by atoms with Gasteiger partial charge in [0, 0.05) is 0 Å². The second kappa shape index (κ2) is 7.70. The van der Waals surface area contributed by atoms with Gasteiger partial charge in [-0.15, -0.1) is 0 Å². The lowest BCUT2D eigenvalue weighted by atomic mass is 10.2. The van der Waals surface area contributed by atoms with E-state index in [1.807, 2.05) is 0 Å². The first-order valence-corrected chi connectivity index (χ1v) is 10.4. The van der Waals surface area contributed by atoms with Crippen LogP contribution in [0.1, 0.15) is 22.9 Å². The molecule has 0 spiro atoms. The maximum absolute atomic E-state index is 13.0. The van der Waals surface area contributed by atoms with E-state index in [1.54, 1.807) is 20.8 Å². The molecular weight excluding hydrogens is 420 g/mol. The Kier molecular flexibility index (Phi) is 5.21. The minimum atomic E-state index is -4.04. The molecule has 0 aliphatic carbocycles. The summed E-state index contributed by atoms with van der Waals surface area (Å²) in [5.74, 6) is 1.22. The highest BCUT2D eigenvalue weighted by Crippen LogP contribution is 2.30. The van der Waals surface area contributed by atoms with E-state index in [2.05, 4.69) is 30.1 Å². The van der Waals surface area contributed by atoms with E-state index in [9.17, 15) is 8.42 Å². The zero-order chi connectivity index (χ0) is 21.5. The molecule has 0 aromatic carbocycles. The molecule has 0 saturated carbocycles. The quantitative estimate of drug-likeness (QED) is 0.565. The van der Waals surface area contributed by atoms with Crippen molar-refractivity contribution in [1.82, 2.24) is 19.7 Å². The van der Waals surface area contributed by atoms with Gasteiger partial charge < -0.3 is 28.8 Å². The fourth-order valence-corrected chi connectivity index (χ4v) is 4.45. The van der Waals surface area contributed by atoms with Gasteiger partial charge >= 0.3 is 6.01 Å². The van der Waals surface area contributed by atoms with Gasteiger partial charge in [-0.05, 0) is 25.9 Å².